The molecule has 0 aliphatic carbocycles. The maximum absolute atomic E-state index is 12.8. The normalized spacial score (nSPS) is 12.8. The van der Waals surface area contributed by atoms with Gasteiger partial charge in [0.05, 0.1) is 0 Å². The fourth-order valence-electron chi connectivity index (χ4n) is 8.39. The number of carbonyl (C=O) groups excluding carboxylic acids is 3. The maximum atomic E-state index is 12.8. The Bertz CT molecular complexity index is 1430. The van der Waals surface area contributed by atoms with E-state index < -0.39 is 6.10 Å². The highest BCUT2D eigenvalue weighted by atomic mass is 16.6. The van der Waals surface area contributed by atoms with E-state index in [0.29, 0.717) is 19.3 Å². The second-order valence-electron chi connectivity index (χ2n) is 19.9. The van der Waals surface area contributed by atoms with E-state index in [1.807, 2.05) is 6.08 Å². The Morgan fingerprint density at radius 2 is 0.569 bits per heavy atom. The molecular formula is C66H112O6. The summed E-state index contributed by atoms with van der Waals surface area (Å²) < 4.78 is 16.8. The molecule has 72 heavy (non-hydrogen) atoms. The van der Waals surface area contributed by atoms with E-state index in [2.05, 4.69) is 112 Å². The van der Waals surface area contributed by atoms with Crippen LogP contribution in [-0.2, 0) is 28.6 Å². The highest BCUT2D eigenvalue weighted by molar-refractivity contribution is 5.71. The third-order valence-corrected chi connectivity index (χ3v) is 12.8. The van der Waals surface area contributed by atoms with Crippen molar-refractivity contribution in [2.45, 2.75) is 290 Å². The minimum absolute atomic E-state index is 0.102. The first-order chi connectivity index (χ1) is 35.5. The molecule has 0 N–H and O–H groups in total. The molecule has 6 nitrogen and oxygen atoms in total. The number of rotatable bonds is 54. The van der Waals surface area contributed by atoms with E-state index in [1.54, 1.807) is 0 Å². The first kappa shape index (κ1) is 68.3. The summed E-state index contributed by atoms with van der Waals surface area (Å²) in [6.07, 6.45) is 80.1. The van der Waals surface area contributed by atoms with Gasteiger partial charge in [-0.25, -0.2) is 0 Å². The second-order valence-corrected chi connectivity index (χ2v) is 19.9. The number of hydrogen-bond donors (Lipinski definition) is 0. The summed E-state index contributed by atoms with van der Waals surface area (Å²) in [6.45, 7) is 6.36. The van der Waals surface area contributed by atoms with Gasteiger partial charge in [0.1, 0.15) is 13.2 Å². The van der Waals surface area contributed by atoms with Gasteiger partial charge in [-0.3, -0.25) is 14.4 Å². The zero-order valence-corrected chi connectivity index (χ0v) is 47.2. The Balaban J connectivity index is 4.21. The molecule has 0 radical (unpaired) electrons. The lowest BCUT2D eigenvalue weighted by molar-refractivity contribution is -0.166. The van der Waals surface area contributed by atoms with Crippen molar-refractivity contribution in [3.05, 3.63) is 97.2 Å². The Morgan fingerprint density at radius 3 is 0.903 bits per heavy atom. The van der Waals surface area contributed by atoms with Gasteiger partial charge in [0.25, 0.3) is 0 Å². The largest absolute Gasteiger partial charge is 0.462 e. The molecule has 0 aliphatic heterocycles. The first-order valence-electron chi connectivity index (χ1n) is 30.2. The standard InChI is InChI=1S/C66H112O6/c1-4-7-10-13-16-19-22-25-26-27-28-29-30-31-32-33-34-35-36-37-38-39-40-42-44-47-50-53-56-59-65(68)71-62-63(61-70-64(67)58-55-52-49-46-43-24-21-18-15-12-9-6-3)72-66(69)60-57-54-51-48-45-41-23-20-17-14-11-8-5-2/h7-8,10-11,16-17,19-20,25-26,28-29,41,45,51,54,63H,4-6,9,12-15,18,21-24,27,30-40,42-44,46-50,52-53,55-62H2,1-3H3/b10-7-,11-8-,19-16-,20-17-,26-25-,29-28-,45-41-,54-51-. The predicted octanol–water partition coefficient (Wildman–Crippen LogP) is 20.5. The van der Waals surface area contributed by atoms with Gasteiger partial charge in [-0.05, 0) is 83.5 Å². The van der Waals surface area contributed by atoms with Gasteiger partial charge >= 0.3 is 17.9 Å². The summed E-state index contributed by atoms with van der Waals surface area (Å²) in [5.74, 6) is -0.978. The summed E-state index contributed by atoms with van der Waals surface area (Å²) in [5.41, 5.74) is 0. The lowest BCUT2D eigenvalue weighted by Crippen LogP contribution is -2.30. The van der Waals surface area contributed by atoms with Crippen LogP contribution in [0.1, 0.15) is 284 Å². The maximum Gasteiger partial charge on any atom is 0.306 e. The zero-order chi connectivity index (χ0) is 52.2. The molecule has 0 saturated carbocycles. The van der Waals surface area contributed by atoms with Gasteiger partial charge in [-0.2, -0.15) is 0 Å². The second kappa shape index (κ2) is 59.9. The van der Waals surface area contributed by atoms with E-state index in [-0.39, 0.29) is 37.5 Å². The third kappa shape index (κ3) is 57.2. The third-order valence-electron chi connectivity index (χ3n) is 12.8. The number of hydrogen-bond acceptors (Lipinski definition) is 6. The van der Waals surface area contributed by atoms with Crippen molar-refractivity contribution >= 4 is 17.9 Å². The van der Waals surface area contributed by atoms with Gasteiger partial charge in [-0.15, -0.1) is 0 Å². The molecule has 412 valence electrons. The van der Waals surface area contributed by atoms with Crippen LogP contribution >= 0.6 is 0 Å². The zero-order valence-electron chi connectivity index (χ0n) is 47.2. The average molecular weight is 1000 g/mol. The molecule has 0 aromatic heterocycles. The first-order valence-corrected chi connectivity index (χ1v) is 30.2. The molecule has 0 spiro atoms. The molecule has 0 aromatic carbocycles. The van der Waals surface area contributed by atoms with Crippen molar-refractivity contribution < 1.29 is 28.6 Å². The summed E-state index contributed by atoms with van der Waals surface area (Å²) >= 11 is 0. The van der Waals surface area contributed by atoms with Gasteiger partial charge in [-0.1, -0.05) is 279 Å². The van der Waals surface area contributed by atoms with Crippen LogP contribution in [0.4, 0.5) is 0 Å². The van der Waals surface area contributed by atoms with Crippen molar-refractivity contribution in [2.75, 3.05) is 13.2 Å². The molecular weight excluding hydrogens is 889 g/mol. The molecule has 0 bridgehead atoms. The fraction of sp³-hybridized carbons (Fsp3) is 0.712. The highest BCUT2D eigenvalue weighted by Gasteiger charge is 2.19. The number of unbranched alkanes of at least 4 members (excludes halogenated alkanes) is 27. The molecule has 0 heterocycles. The van der Waals surface area contributed by atoms with E-state index in [0.717, 1.165) is 89.9 Å². The molecule has 1 unspecified atom stereocenters. The van der Waals surface area contributed by atoms with Crippen molar-refractivity contribution in [2.24, 2.45) is 0 Å². The Hall–Kier alpha value is -3.67. The smallest absolute Gasteiger partial charge is 0.306 e. The quantitative estimate of drug-likeness (QED) is 0.0261. The lowest BCUT2D eigenvalue weighted by Gasteiger charge is -2.18. The molecule has 6 heteroatoms. The average Bonchev–Trinajstić information content (AvgIpc) is 3.38. The summed E-state index contributed by atoms with van der Waals surface area (Å²) in [7, 11) is 0. The Morgan fingerprint density at radius 1 is 0.292 bits per heavy atom. The van der Waals surface area contributed by atoms with Gasteiger partial charge in [0, 0.05) is 19.3 Å². The van der Waals surface area contributed by atoms with Gasteiger partial charge < -0.3 is 14.2 Å². The predicted molar refractivity (Wildman–Crippen MR) is 311 cm³/mol. The number of esters is 3. The van der Waals surface area contributed by atoms with Crippen LogP contribution < -0.4 is 0 Å². The van der Waals surface area contributed by atoms with Crippen LogP contribution in [0.25, 0.3) is 0 Å². The Kier molecular flexibility index (Phi) is 56.8. The van der Waals surface area contributed by atoms with Crippen LogP contribution in [0.2, 0.25) is 0 Å². The fourth-order valence-corrected chi connectivity index (χ4v) is 8.39. The number of allylic oxidation sites excluding steroid dienone is 16. The lowest BCUT2D eigenvalue weighted by atomic mass is 10.0. The van der Waals surface area contributed by atoms with Crippen LogP contribution in [0.3, 0.4) is 0 Å². The van der Waals surface area contributed by atoms with Crippen molar-refractivity contribution in [3.8, 4) is 0 Å². The van der Waals surface area contributed by atoms with Crippen LogP contribution in [-0.4, -0.2) is 37.2 Å². The minimum atomic E-state index is -0.812. The molecule has 0 fully saturated rings. The van der Waals surface area contributed by atoms with E-state index >= 15 is 0 Å². The van der Waals surface area contributed by atoms with Crippen LogP contribution in [0.5, 0.6) is 0 Å². The molecule has 0 rings (SSSR count). The highest BCUT2D eigenvalue weighted by Crippen LogP contribution is 2.16. The van der Waals surface area contributed by atoms with Crippen LogP contribution in [0.15, 0.2) is 97.2 Å². The van der Waals surface area contributed by atoms with Crippen LogP contribution in [0, 0.1) is 0 Å². The van der Waals surface area contributed by atoms with Gasteiger partial charge in [0.15, 0.2) is 6.10 Å². The van der Waals surface area contributed by atoms with E-state index in [1.165, 1.54) is 148 Å². The molecule has 0 aliphatic rings. The number of ether oxygens (including phenoxy) is 3. The Labute approximate surface area is 445 Å². The number of carbonyl (C=O) groups is 3. The van der Waals surface area contributed by atoms with Crippen molar-refractivity contribution in [1.82, 2.24) is 0 Å². The monoisotopic (exact) mass is 1000 g/mol. The minimum Gasteiger partial charge on any atom is -0.462 e. The van der Waals surface area contributed by atoms with Crippen molar-refractivity contribution in [1.29, 1.82) is 0 Å². The summed E-state index contributed by atoms with van der Waals surface area (Å²) in [5, 5.41) is 0. The summed E-state index contributed by atoms with van der Waals surface area (Å²) in [4.78, 5) is 38.1. The molecule has 0 amide bonds. The summed E-state index contributed by atoms with van der Waals surface area (Å²) in [6, 6.07) is 0. The van der Waals surface area contributed by atoms with E-state index in [4.69, 9.17) is 14.2 Å². The molecule has 0 saturated heterocycles. The molecule has 0 aromatic rings. The topological polar surface area (TPSA) is 78.9 Å². The SMILES string of the molecule is CC/C=C\C/C=C\C/C=C\C/C=C\CCCCCCCCCCCCCCCCCCC(=O)OCC(COC(=O)CCCCCCCCCCCCCC)OC(=O)CC/C=C\C/C=C\C/C=C\C/C=C\CC. The molecule has 1 atom stereocenters. The van der Waals surface area contributed by atoms with Gasteiger partial charge in [0.2, 0.25) is 0 Å². The van der Waals surface area contributed by atoms with Crippen molar-refractivity contribution in [3.63, 3.8) is 0 Å². The van der Waals surface area contributed by atoms with E-state index in [9.17, 15) is 14.4 Å².